The van der Waals surface area contributed by atoms with Crippen molar-refractivity contribution >= 4 is 17.5 Å². The number of nitrogens with one attached hydrogen (secondary N) is 1. The van der Waals surface area contributed by atoms with Crippen LogP contribution in [0.4, 0.5) is 0 Å². The van der Waals surface area contributed by atoms with E-state index in [1.807, 2.05) is 23.1 Å². The maximum Gasteiger partial charge on any atom is 0.249 e. The summed E-state index contributed by atoms with van der Waals surface area (Å²) in [7, 11) is 0. The van der Waals surface area contributed by atoms with Crippen LogP contribution in [0.25, 0.3) is 11.5 Å². The van der Waals surface area contributed by atoms with Crippen molar-refractivity contribution in [2.24, 2.45) is 0 Å². The van der Waals surface area contributed by atoms with Gasteiger partial charge in [-0.05, 0) is 37.9 Å². The van der Waals surface area contributed by atoms with Gasteiger partial charge < -0.3 is 14.5 Å². The maximum absolute atomic E-state index is 12.3. The van der Waals surface area contributed by atoms with Crippen molar-refractivity contribution < 1.29 is 13.9 Å². The number of hydrogen-bond donors (Lipinski definition) is 1. The summed E-state index contributed by atoms with van der Waals surface area (Å²) in [6, 6.07) is 7.33. The van der Waals surface area contributed by atoms with Crippen molar-refractivity contribution in [1.82, 2.24) is 20.4 Å². The summed E-state index contributed by atoms with van der Waals surface area (Å²) in [6.45, 7) is 4.88. The molecular weight excluding hydrogens is 368 g/mol. The SMILES string of the molecule is CCCN(CC(=O)NCC1CCCO1)Cc1nnc(-c2ccccc2Cl)o1. The number of amides is 1. The molecular formula is C19H25ClN4O3. The van der Waals surface area contributed by atoms with Gasteiger partial charge in [0.25, 0.3) is 0 Å². The average Bonchev–Trinajstić information content (AvgIpc) is 3.32. The van der Waals surface area contributed by atoms with Crippen molar-refractivity contribution in [2.75, 3.05) is 26.2 Å². The van der Waals surface area contributed by atoms with Gasteiger partial charge in [-0.1, -0.05) is 30.7 Å². The number of hydrogen-bond acceptors (Lipinski definition) is 6. The predicted molar refractivity (Wildman–Crippen MR) is 102 cm³/mol. The zero-order valence-electron chi connectivity index (χ0n) is 15.5. The van der Waals surface area contributed by atoms with E-state index in [2.05, 4.69) is 22.4 Å². The number of halogens is 1. The number of ether oxygens (including phenoxy) is 1. The molecule has 1 aliphatic rings. The highest BCUT2D eigenvalue weighted by Gasteiger charge is 2.19. The molecule has 0 saturated carbocycles. The molecule has 1 N–H and O–H groups in total. The lowest BCUT2D eigenvalue weighted by atomic mass is 10.2. The molecule has 0 aliphatic carbocycles. The lowest BCUT2D eigenvalue weighted by Gasteiger charge is -2.19. The number of benzene rings is 1. The van der Waals surface area contributed by atoms with E-state index in [-0.39, 0.29) is 18.6 Å². The zero-order chi connectivity index (χ0) is 19.1. The Morgan fingerprint density at radius 1 is 1.37 bits per heavy atom. The molecule has 1 aliphatic heterocycles. The summed E-state index contributed by atoms with van der Waals surface area (Å²) in [6.07, 6.45) is 3.13. The Hall–Kier alpha value is -1.96. The van der Waals surface area contributed by atoms with Gasteiger partial charge in [0.1, 0.15) is 0 Å². The Morgan fingerprint density at radius 2 is 2.22 bits per heavy atom. The van der Waals surface area contributed by atoms with E-state index in [0.717, 1.165) is 32.4 Å². The maximum atomic E-state index is 12.3. The van der Waals surface area contributed by atoms with Crippen molar-refractivity contribution in [3.05, 3.63) is 35.2 Å². The van der Waals surface area contributed by atoms with Gasteiger partial charge >= 0.3 is 0 Å². The Balaban J connectivity index is 1.56. The molecule has 0 radical (unpaired) electrons. The summed E-state index contributed by atoms with van der Waals surface area (Å²) in [4.78, 5) is 14.2. The summed E-state index contributed by atoms with van der Waals surface area (Å²) in [5.41, 5.74) is 0.703. The van der Waals surface area contributed by atoms with Gasteiger partial charge in [-0.3, -0.25) is 9.69 Å². The van der Waals surface area contributed by atoms with Crippen molar-refractivity contribution in [2.45, 2.75) is 38.8 Å². The van der Waals surface area contributed by atoms with Crippen molar-refractivity contribution in [1.29, 1.82) is 0 Å². The first-order valence-corrected chi connectivity index (χ1v) is 9.71. The molecule has 7 nitrogen and oxygen atoms in total. The largest absolute Gasteiger partial charge is 0.419 e. The summed E-state index contributed by atoms with van der Waals surface area (Å²) < 4.78 is 11.3. The molecule has 146 valence electrons. The number of aromatic nitrogens is 2. The highest BCUT2D eigenvalue weighted by Crippen LogP contribution is 2.26. The third-order valence-corrected chi connectivity index (χ3v) is 4.72. The molecule has 1 saturated heterocycles. The molecule has 1 aromatic heterocycles. The lowest BCUT2D eigenvalue weighted by molar-refractivity contribution is -0.122. The first-order chi connectivity index (χ1) is 13.2. The second-order valence-corrected chi connectivity index (χ2v) is 7.04. The van der Waals surface area contributed by atoms with E-state index < -0.39 is 0 Å². The quantitative estimate of drug-likeness (QED) is 0.706. The van der Waals surface area contributed by atoms with Gasteiger partial charge in [-0.15, -0.1) is 10.2 Å². The Morgan fingerprint density at radius 3 is 2.96 bits per heavy atom. The second kappa shape index (κ2) is 9.82. The van der Waals surface area contributed by atoms with E-state index in [0.29, 0.717) is 35.5 Å². The molecule has 2 heterocycles. The van der Waals surface area contributed by atoms with E-state index in [1.165, 1.54) is 0 Å². The molecule has 1 fully saturated rings. The molecule has 2 aromatic rings. The van der Waals surface area contributed by atoms with Crippen LogP contribution in [-0.2, 0) is 16.1 Å². The highest BCUT2D eigenvalue weighted by atomic mass is 35.5. The Bertz CT molecular complexity index is 746. The smallest absolute Gasteiger partial charge is 0.249 e. The summed E-state index contributed by atoms with van der Waals surface area (Å²) >= 11 is 6.18. The van der Waals surface area contributed by atoms with Crippen molar-refractivity contribution in [3.63, 3.8) is 0 Å². The second-order valence-electron chi connectivity index (χ2n) is 6.63. The fourth-order valence-corrected chi connectivity index (χ4v) is 3.29. The van der Waals surface area contributed by atoms with Crippen LogP contribution < -0.4 is 5.32 Å². The molecule has 1 atom stereocenters. The topological polar surface area (TPSA) is 80.5 Å². The average molecular weight is 393 g/mol. The highest BCUT2D eigenvalue weighted by molar-refractivity contribution is 6.33. The minimum atomic E-state index is -0.0233. The normalized spacial score (nSPS) is 16.8. The molecule has 0 bridgehead atoms. The van der Waals surface area contributed by atoms with E-state index in [1.54, 1.807) is 6.07 Å². The van der Waals surface area contributed by atoms with Crippen LogP contribution in [0.5, 0.6) is 0 Å². The van der Waals surface area contributed by atoms with Crippen LogP contribution in [0.2, 0.25) is 5.02 Å². The monoisotopic (exact) mass is 392 g/mol. The fourth-order valence-electron chi connectivity index (χ4n) is 3.07. The molecule has 1 amide bonds. The number of rotatable bonds is 9. The number of carbonyl (C=O) groups excluding carboxylic acids is 1. The molecule has 0 spiro atoms. The fraction of sp³-hybridized carbons (Fsp3) is 0.526. The van der Waals surface area contributed by atoms with E-state index in [4.69, 9.17) is 20.8 Å². The van der Waals surface area contributed by atoms with Gasteiger partial charge in [0.05, 0.1) is 29.8 Å². The van der Waals surface area contributed by atoms with Crippen LogP contribution in [-0.4, -0.2) is 53.3 Å². The molecule has 1 unspecified atom stereocenters. The summed E-state index contributed by atoms with van der Waals surface area (Å²) in [5.74, 6) is 0.824. The first-order valence-electron chi connectivity index (χ1n) is 9.33. The van der Waals surface area contributed by atoms with Crippen LogP contribution in [0.3, 0.4) is 0 Å². The first kappa shape index (κ1) is 19.8. The third-order valence-electron chi connectivity index (χ3n) is 4.39. The standard InChI is InChI=1S/C19H25ClN4O3/c1-2-9-24(12-17(25)21-11-14-6-5-10-26-14)13-18-22-23-19(27-18)15-7-3-4-8-16(15)20/h3-4,7-8,14H,2,5-6,9-13H2,1H3,(H,21,25). The minimum Gasteiger partial charge on any atom is -0.419 e. The van der Waals surface area contributed by atoms with Crippen LogP contribution >= 0.6 is 11.6 Å². The van der Waals surface area contributed by atoms with E-state index in [9.17, 15) is 4.79 Å². The zero-order valence-corrected chi connectivity index (χ0v) is 16.2. The van der Waals surface area contributed by atoms with Gasteiger partial charge in [0.15, 0.2) is 0 Å². The molecule has 8 heteroatoms. The Kier molecular flexibility index (Phi) is 7.20. The van der Waals surface area contributed by atoms with E-state index >= 15 is 0 Å². The minimum absolute atomic E-state index is 0.0233. The van der Waals surface area contributed by atoms with Gasteiger partial charge in [0.2, 0.25) is 17.7 Å². The predicted octanol–water partition coefficient (Wildman–Crippen LogP) is 2.90. The number of carbonyl (C=O) groups is 1. The number of nitrogens with zero attached hydrogens (tertiary/aromatic N) is 3. The molecule has 1 aromatic carbocycles. The Labute approximate surface area is 164 Å². The third kappa shape index (κ3) is 5.76. The van der Waals surface area contributed by atoms with Gasteiger partial charge in [-0.2, -0.15) is 0 Å². The van der Waals surface area contributed by atoms with Crippen LogP contribution in [0.1, 0.15) is 32.1 Å². The molecule has 27 heavy (non-hydrogen) atoms. The van der Waals surface area contributed by atoms with Crippen LogP contribution in [0, 0.1) is 0 Å². The molecule has 3 rings (SSSR count). The summed E-state index contributed by atoms with van der Waals surface area (Å²) in [5, 5.41) is 11.7. The van der Waals surface area contributed by atoms with Gasteiger partial charge in [-0.25, -0.2) is 0 Å². The van der Waals surface area contributed by atoms with Crippen molar-refractivity contribution in [3.8, 4) is 11.5 Å². The van der Waals surface area contributed by atoms with Gasteiger partial charge in [0, 0.05) is 13.2 Å². The van der Waals surface area contributed by atoms with Crippen LogP contribution in [0.15, 0.2) is 28.7 Å². The lowest BCUT2D eigenvalue weighted by Crippen LogP contribution is -2.40.